The van der Waals surface area contributed by atoms with Crippen LogP contribution in [0.1, 0.15) is 25.6 Å². The Hall–Kier alpha value is -1.09. The molecule has 0 amide bonds. The van der Waals surface area contributed by atoms with Crippen LogP contribution in [0.3, 0.4) is 0 Å². The van der Waals surface area contributed by atoms with Crippen LogP contribution in [0.4, 0.5) is 0 Å². The minimum Gasteiger partial charge on any atom is -0.478 e. The average molecular weight is 210 g/mol. The maximum absolute atomic E-state index is 11.0. The molecule has 0 radical (unpaired) electrons. The highest BCUT2D eigenvalue weighted by molar-refractivity contribution is 7.11. The zero-order chi connectivity index (χ0) is 10.8. The van der Waals surface area contributed by atoms with Gasteiger partial charge in [0.2, 0.25) is 0 Å². The first kappa shape index (κ1) is 11.0. The maximum Gasteiger partial charge on any atom is 0.336 e. The fourth-order valence-electron chi connectivity index (χ4n) is 1.10. The van der Waals surface area contributed by atoms with Crippen molar-refractivity contribution in [2.24, 2.45) is 5.41 Å². The van der Waals surface area contributed by atoms with E-state index in [1.54, 1.807) is 6.08 Å². The first-order chi connectivity index (χ1) is 6.40. The lowest BCUT2D eigenvalue weighted by Gasteiger charge is -2.13. The van der Waals surface area contributed by atoms with E-state index in [9.17, 15) is 4.79 Å². The molecule has 0 saturated carbocycles. The van der Waals surface area contributed by atoms with E-state index in [-0.39, 0.29) is 5.41 Å². The summed E-state index contributed by atoms with van der Waals surface area (Å²) in [6.07, 6.45) is 1.79. The predicted octanol–water partition coefficient (Wildman–Crippen LogP) is 3.26. The first-order valence-electron chi connectivity index (χ1n) is 4.40. The van der Waals surface area contributed by atoms with Gasteiger partial charge in [0, 0.05) is 4.88 Å². The number of aliphatic carboxylic acids is 1. The molecule has 0 fully saturated rings. The zero-order valence-electron chi connectivity index (χ0n) is 8.57. The summed E-state index contributed by atoms with van der Waals surface area (Å²) in [6.45, 7) is 5.97. The van der Waals surface area contributed by atoms with Crippen molar-refractivity contribution in [1.29, 1.82) is 0 Å². The van der Waals surface area contributed by atoms with Crippen molar-refractivity contribution in [1.82, 2.24) is 0 Å². The van der Waals surface area contributed by atoms with Crippen LogP contribution in [-0.2, 0) is 4.79 Å². The van der Waals surface area contributed by atoms with Crippen LogP contribution >= 0.6 is 11.3 Å². The quantitative estimate of drug-likeness (QED) is 0.761. The number of thiophene rings is 1. The monoisotopic (exact) mass is 210 g/mol. The first-order valence-corrected chi connectivity index (χ1v) is 5.28. The number of allylic oxidation sites excluding steroid dienone is 1. The largest absolute Gasteiger partial charge is 0.478 e. The zero-order valence-corrected chi connectivity index (χ0v) is 9.39. The van der Waals surface area contributed by atoms with Gasteiger partial charge in [0.1, 0.15) is 0 Å². The van der Waals surface area contributed by atoms with Crippen molar-refractivity contribution >= 4 is 22.9 Å². The van der Waals surface area contributed by atoms with Crippen LogP contribution < -0.4 is 0 Å². The summed E-state index contributed by atoms with van der Waals surface area (Å²) in [5.41, 5.74) is 0.282. The summed E-state index contributed by atoms with van der Waals surface area (Å²) in [5, 5.41) is 10.9. The molecular formula is C11H14O2S. The topological polar surface area (TPSA) is 37.3 Å². The normalized spacial score (nSPS) is 12.9. The van der Waals surface area contributed by atoms with Gasteiger partial charge in [-0.2, -0.15) is 0 Å². The molecule has 0 atom stereocenters. The molecule has 3 heteroatoms. The molecule has 76 valence electrons. The minimum atomic E-state index is -0.859. The van der Waals surface area contributed by atoms with Crippen LogP contribution in [0.15, 0.2) is 23.6 Å². The van der Waals surface area contributed by atoms with Gasteiger partial charge < -0.3 is 5.11 Å². The smallest absolute Gasteiger partial charge is 0.336 e. The van der Waals surface area contributed by atoms with E-state index >= 15 is 0 Å². The SMILES string of the molecule is CC(C)(C)C=C(C(=O)O)c1cccs1. The van der Waals surface area contributed by atoms with E-state index in [0.29, 0.717) is 5.57 Å². The Morgan fingerprint density at radius 1 is 1.50 bits per heavy atom. The number of carboxylic acids is 1. The molecule has 0 spiro atoms. The Balaban J connectivity index is 3.10. The summed E-state index contributed by atoms with van der Waals surface area (Å²) < 4.78 is 0. The van der Waals surface area contributed by atoms with Crippen molar-refractivity contribution < 1.29 is 9.90 Å². The second-order valence-corrected chi connectivity index (χ2v) is 5.15. The maximum atomic E-state index is 11.0. The summed E-state index contributed by atoms with van der Waals surface area (Å²) in [5.74, 6) is -0.859. The standard InChI is InChI=1S/C11H14O2S/c1-11(2,3)7-8(10(12)13)9-5-4-6-14-9/h4-7H,1-3H3,(H,12,13). The molecule has 1 N–H and O–H groups in total. The van der Waals surface area contributed by atoms with Gasteiger partial charge in [-0.25, -0.2) is 4.79 Å². The predicted molar refractivity (Wildman–Crippen MR) is 59.4 cm³/mol. The van der Waals surface area contributed by atoms with Gasteiger partial charge in [-0.15, -0.1) is 11.3 Å². The Morgan fingerprint density at radius 2 is 2.14 bits per heavy atom. The summed E-state index contributed by atoms with van der Waals surface area (Å²) in [6, 6.07) is 3.69. The third-order valence-corrected chi connectivity index (χ3v) is 2.50. The second-order valence-electron chi connectivity index (χ2n) is 4.21. The van der Waals surface area contributed by atoms with Gasteiger partial charge in [-0.05, 0) is 16.9 Å². The molecule has 0 aliphatic carbocycles. The molecule has 0 bridgehead atoms. The number of carboxylic acid groups (broad SMARTS) is 1. The molecule has 0 saturated heterocycles. The Bertz CT molecular complexity index is 342. The second kappa shape index (κ2) is 3.96. The average Bonchev–Trinajstić information content (AvgIpc) is 2.49. The van der Waals surface area contributed by atoms with Gasteiger partial charge in [0.05, 0.1) is 5.57 Å². The van der Waals surface area contributed by atoms with Gasteiger partial charge in [-0.1, -0.05) is 32.9 Å². The number of hydrogen-bond donors (Lipinski definition) is 1. The number of carbonyl (C=O) groups is 1. The molecule has 1 rings (SSSR count). The van der Waals surface area contributed by atoms with E-state index in [1.165, 1.54) is 11.3 Å². The summed E-state index contributed by atoms with van der Waals surface area (Å²) >= 11 is 1.45. The van der Waals surface area contributed by atoms with E-state index in [2.05, 4.69) is 0 Å². The Morgan fingerprint density at radius 3 is 2.50 bits per heavy atom. The lowest BCUT2D eigenvalue weighted by Crippen LogP contribution is -2.06. The highest BCUT2D eigenvalue weighted by Gasteiger charge is 2.16. The van der Waals surface area contributed by atoms with Gasteiger partial charge in [0.25, 0.3) is 0 Å². The highest BCUT2D eigenvalue weighted by Crippen LogP contribution is 2.26. The third-order valence-electron chi connectivity index (χ3n) is 1.59. The Kier molecular flexibility index (Phi) is 3.11. The van der Waals surface area contributed by atoms with E-state index < -0.39 is 5.97 Å². The number of hydrogen-bond acceptors (Lipinski definition) is 2. The third kappa shape index (κ3) is 3.00. The fraction of sp³-hybridized carbons (Fsp3) is 0.364. The summed E-state index contributed by atoms with van der Waals surface area (Å²) in [4.78, 5) is 11.8. The van der Waals surface area contributed by atoms with Gasteiger partial charge >= 0.3 is 5.97 Å². The van der Waals surface area contributed by atoms with Crippen LogP contribution in [0.25, 0.3) is 5.57 Å². The summed E-state index contributed by atoms with van der Waals surface area (Å²) in [7, 11) is 0. The van der Waals surface area contributed by atoms with Crippen molar-refractivity contribution in [2.45, 2.75) is 20.8 Å². The van der Waals surface area contributed by atoms with E-state index in [4.69, 9.17) is 5.11 Å². The molecule has 2 nitrogen and oxygen atoms in total. The molecule has 0 aliphatic rings. The van der Waals surface area contributed by atoms with Crippen molar-refractivity contribution in [3.05, 3.63) is 28.5 Å². The highest BCUT2D eigenvalue weighted by atomic mass is 32.1. The van der Waals surface area contributed by atoms with Crippen LogP contribution in [0.5, 0.6) is 0 Å². The van der Waals surface area contributed by atoms with E-state index in [1.807, 2.05) is 38.3 Å². The number of rotatable bonds is 2. The van der Waals surface area contributed by atoms with Crippen LogP contribution in [0.2, 0.25) is 0 Å². The molecule has 14 heavy (non-hydrogen) atoms. The van der Waals surface area contributed by atoms with Crippen LogP contribution in [0, 0.1) is 5.41 Å². The molecule has 1 heterocycles. The van der Waals surface area contributed by atoms with Crippen LogP contribution in [-0.4, -0.2) is 11.1 Å². The molecule has 0 aromatic carbocycles. The molecule has 0 unspecified atom stereocenters. The molecule has 1 aromatic rings. The van der Waals surface area contributed by atoms with Crippen molar-refractivity contribution in [2.75, 3.05) is 0 Å². The lowest BCUT2D eigenvalue weighted by molar-refractivity contribution is -0.130. The van der Waals surface area contributed by atoms with Gasteiger partial charge in [-0.3, -0.25) is 0 Å². The molecular weight excluding hydrogens is 196 g/mol. The van der Waals surface area contributed by atoms with Gasteiger partial charge in [0.15, 0.2) is 0 Å². The minimum absolute atomic E-state index is 0.113. The Labute approximate surface area is 87.9 Å². The van der Waals surface area contributed by atoms with Crippen molar-refractivity contribution in [3.8, 4) is 0 Å². The van der Waals surface area contributed by atoms with E-state index in [0.717, 1.165) is 4.88 Å². The molecule has 1 aromatic heterocycles. The lowest BCUT2D eigenvalue weighted by atomic mass is 9.93. The molecule has 0 aliphatic heterocycles. The fourth-order valence-corrected chi connectivity index (χ4v) is 1.84. The van der Waals surface area contributed by atoms with Crippen molar-refractivity contribution in [3.63, 3.8) is 0 Å².